The fourth-order valence-electron chi connectivity index (χ4n) is 3.70. The summed E-state index contributed by atoms with van der Waals surface area (Å²) in [7, 11) is 0. The minimum absolute atomic E-state index is 0.0442. The lowest BCUT2D eigenvalue weighted by molar-refractivity contribution is 0.101. The van der Waals surface area contributed by atoms with E-state index in [9.17, 15) is 13.6 Å². The summed E-state index contributed by atoms with van der Waals surface area (Å²) in [5.41, 5.74) is 2.96. The number of halogens is 2. The second kappa shape index (κ2) is 6.44. The van der Waals surface area contributed by atoms with Crippen LogP contribution in [0.25, 0.3) is 0 Å². The maximum Gasteiger partial charge on any atom is 0.407 e. The highest BCUT2D eigenvalue weighted by atomic mass is 19.1. The summed E-state index contributed by atoms with van der Waals surface area (Å²) < 4.78 is 32.3. The van der Waals surface area contributed by atoms with Crippen LogP contribution in [0.4, 0.5) is 13.6 Å². The van der Waals surface area contributed by atoms with E-state index in [1.807, 2.05) is 12.1 Å². The van der Waals surface area contributed by atoms with Gasteiger partial charge in [0.2, 0.25) is 0 Å². The largest absolute Gasteiger partial charge is 0.442 e. The zero-order valence-electron chi connectivity index (χ0n) is 13.5. The molecule has 1 fully saturated rings. The monoisotopic (exact) mass is 344 g/mol. The highest BCUT2D eigenvalue weighted by Crippen LogP contribution is 2.24. The predicted octanol–water partition coefficient (Wildman–Crippen LogP) is 2.70. The van der Waals surface area contributed by atoms with E-state index < -0.39 is 23.8 Å². The van der Waals surface area contributed by atoms with Gasteiger partial charge in [0, 0.05) is 12.6 Å². The number of amides is 1. The average Bonchev–Trinajstić information content (AvgIpc) is 2.94. The summed E-state index contributed by atoms with van der Waals surface area (Å²) in [6.07, 6.45) is 0.161. The molecule has 2 aromatic rings. The number of benzene rings is 2. The molecule has 0 aliphatic carbocycles. The maximum absolute atomic E-state index is 13.4. The van der Waals surface area contributed by atoms with Crippen LogP contribution in [0.2, 0.25) is 0 Å². The second-order valence-electron chi connectivity index (χ2n) is 6.56. The van der Waals surface area contributed by atoms with Crippen molar-refractivity contribution in [2.45, 2.75) is 37.6 Å². The van der Waals surface area contributed by atoms with Crippen LogP contribution in [0, 0.1) is 11.6 Å². The number of hydrogen-bond acceptors (Lipinski definition) is 3. The summed E-state index contributed by atoms with van der Waals surface area (Å²) in [6.45, 7) is 0.705. The van der Waals surface area contributed by atoms with Gasteiger partial charge in [0.25, 0.3) is 0 Å². The minimum Gasteiger partial charge on any atom is -0.442 e. The Labute approximate surface area is 144 Å². The molecule has 130 valence electrons. The van der Waals surface area contributed by atoms with E-state index in [-0.39, 0.29) is 12.1 Å². The maximum atomic E-state index is 13.4. The molecule has 3 atom stereocenters. The molecule has 2 aliphatic heterocycles. The van der Waals surface area contributed by atoms with E-state index in [0.717, 1.165) is 12.5 Å². The summed E-state index contributed by atoms with van der Waals surface area (Å²) >= 11 is 0. The van der Waals surface area contributed by atoms with Crippen molar-refractivity contribution in [3.05, 3.63) is 70.8 Å². The van der Waals surface area contributed by atoms with E-state index >= 15 is 0 Å². The van der Waals surface area contributed by atoms with Crippen molar-refractivity contribution in [2.75, 3.05) is 0 Å². The number of cyclic esters (lactones) is 1. The van der Waals surface area contributed by atoms with Crippen molar-refractivity contribution in [1.29, 1.82) is 0 Å². The molecule has 4 nitrogen and oxygen atoms in total. The van der Waals surface area contributed by atoms with E-state index in [0.29, 0.717) is 18.5 Å². The van der Waals surface area contributed by atoms with Gasteiger partial charge in [-0.15, -0.1) is 0 Å². The van der Waals surface area contributed by atoms with E-state index in [1.165, 1.54) is 23.3 Å². The molecule has 1 saturated heterocycles. The highest BCUT2D eigenvalue weighted by Gasteiger charge is 2.40. The fraction of sp³-hybridized carbons (Fsp3) is 0.316. The van der Waals surface area contributed by atoms with Gasteiger partial charge in [-0.25, -0.2) is 13.6 Å². The lowest BCUT2D eigenvalue weighted by Gasteiger charge is -2.31. The molecule has 0 aromatic heterocycles. The summed E-state index contributed by atoms with van der Waals surface area (Å²) in [5, 5.41) is 6.18. The van der Waals surface area contributed by atoms with Crippen LogP contribution in [0.5, 0.6) is 0 Å². The highest BCUT2D eigenvalue weighted by molar-refractivity contribution is 5.70. The van der Waals surface area contributed by atoms with Crippen molar-refractivity contribution in [3.63, 3.8) is 0 Å². The lowest BCUT2D eigenvalue weighted by atomic mass is 9.89. The first-order chi connectivity index (χ1) is 12.1. The average molecular weight is 344 g/mol. The molecule has 2 heterocycles. The number of ether oxygens (including phenoxy) is 1. The van der Waals surface area contributed by atoms with Gasteiger partial charge in [-0.1, -0.05) is 24.3 Å². The zero-order valence-corrected chi connectivity index (χ0v) is 13.5. The first kappa shape index (κ1) is 16.0. The SMILES string of the molecule is O=C1N[C@@H](Cc2cc(F)cc(F)c2)[C@@H]([C@@H]2Cc3ccccc3CN2)O1. The fourth-order valence-corrected chi connectivity index (χ4v) is 3.70. The van der Waals surface area contributed by atoms with Gasteiger partial charge >= 0.3 is 6.09 Å². The Hall–Kier alpha value is -2.47. The van der Waals surface area contributed by atoms with Gasteiger partial charge in [0.1, 0.15) is 17.7 Å². The molecule has 2 aliphatic rings. The Bertz CT molecular complexity index is 792. The second-order valence-corrected chi connectivity index (χ2v) is 6.56. The molecular weight excluding hydrogens is 326 g/mol. The standard InChI is InChI=1S/C19H18F2N2O2/c20-14-5-11(6-15(21)9-14)7-17-18(25-19(24)23-17)16-8-12-3-1-2-4-13(12)10-22-16/h1-6,9,16-18,22H,7-8,10H2,(H,23,24)/t16-,17-,18+/m0/s1. The van der Waals surface area contributed by atoms with Gasteiger partial charge in [-0.05, 0) is 41.7 Å². The Morgan fingerprint density at radius 3 is 2.56 bits per heavy atom. The van der Waals surface area contributed by atoms with Crippen molar-refractivity contribution in [1.82, 2.24) is 10.6 Å². The van der Waals surface area contributed by atoms with Crippen LogP contribution in [-0.4, -0.2) is 24.3 Å². The number of nitrogens with one attached hydrogen (secondary N) is 2. The third-order valence-corrected chi connectivity index (χ3v) is 4.83. The molecule has 25 heavy (non-hydrogen) atoms. The lowest BCUT2D eigenvalue weighted by Crippen LogP contribution is -2.50. The van der Waals surface area contributed by atoms with Gasteiger partial charge in [-0.2, -0.15) is 0 Å². The number of alkyl carbamates (subject to hydrolysis) is 1. The van der Waals surface area contributed by atoms with Crippen LogP contribution in [0.3, 0.4) is 0 Å². The molecule has 1 amide bonds. The van der Waals surface area contributed by atoms with Crippen molar-refractivity contribution in [3.8, 4) is 0 Å². The number of carbonyl (C=O) groups excluding carboxylic acids is 1. The molecule has 2 aromatic carbocycles. The van der Waals surface area contributed by atoms with Gasteiger partial charge in [-0.3, -0.25) is 0 Å². The number of carbonyl (C=O) groups is 1. The third kappa shape index (κ3) is 3.35. The van der Waals surface area contributed by atoms with Gasteiger partial charge in [0.05, 0.1) is 12.1 Å². The summed E-state index contributed by atoms with van der Waals surface area (Å²) in [4.78, 5) is 11.8. The normalized spacial score (nSPS) is 25.2. The van der Waals surface area contributed by atoms with Crippen LogP contribution < -0.4 is 10.6 Å². The number of rotatable bonds is 3. The Balaban J connectivity index is 1.53. The van der Waals surface area contributed by atoms with Crippen molar-refractivity contribution < 1.29 is 18.3 Å². The Morgan fingerprint density at radius 1 is 1.08 bits per heavy atom. The summed E-state index contributed by atoms with van der Waals surface area (Å²) in [5.74, 6) is -1.25. The molecule has 0 radical (unpaired) electrons. The van der Waals surface area contributed by atoms with Crippen LogP contribution in [0.15, 0.2) is 42.5 Å². The predicted molar refractivity (Wildman–Crippen MR) is 88.0 cm³/mol. The van der Waals surface area contributed by atoms with Crippen molar-refractivity contribution in [2.24, 2.45) is 0 Å². The van der Waals surface area contributed by atoms with Gasteiger partial charge < -0.3 is 15.4 Å². The number of hydrogen-bond donors (Lipinski definition) is 2. The molecule has 2 N–H and O–H groups in total. The number of fused-ring (bicyclic) bond motifs is 1. The van der Waals surface area contributed by atoms with Gasteiger partial charge in [0.15, 0.2) is 0 Å². The molecule has 0 spiro atoms. The molecule has 0 bridgehead atoms. The minimum atomic E-state index is -0.624. The Kier molecular flexibility index (Phi) is 4.13. The topological polar surface area (TPSA) is 50.4 Å². The smallest absolute Gasteiger partial charge is 0.407 e. The zero-order chi connectivity index (χ0) is 17.4. The molecular formula is C19H18F2N2O2. The molecule has 4 rings (SSSR count). The van der Waals surface area contributed by atoms with Crippen molar-refractivity contribution >= 4 is 6.09 Å². The summed E-state index contributed by atoms with van der Waals surface area (Å²) in [6, 6.07) is 11.2. The van der Waals surface area contributed by atoms with E-state index in [4.69, 9.17) is 4.74 Å². The first-order valence-electron chi connectivity index (χ1n) is 8.31. The Morgan fingerprint density at radius 2 is 1.80 bits per heavy atom. The molecule has 6 heteroatoms. The first-order valence-corrected chi connectivity index (χ1v) is 8.31. The van der Waals surface area contributed by atoms with E-state index in [1.54, 1.807) is 0 Å². The molecule has 0 saturated carbocycles. The van der Waals surface area contributed by atoms with Crippen LogP contribution in [-0.2, 0) is 24.1 Å². The third-order valence-electron chi connectivity index (χ3n) is 4.83. The van der Waals surface area contributed by atoms with Crippen LogP contribution in [0.1, 0.15) is 16.7 Å². The quantitative estimate of drug-likeness (QED) is 0.900. The van der Waals surface area contributed by atoms with Crippen LogP contribution >= 0.6 is 0 Å². The molecule has 0 unspecified atom stereocenters. The van der Waals surface area contributed by atoms with E-state index in [2.05, 4.69) is 22.8 Å².